The maximum atomic E-state index is 2.61. The van der Waals surface area contributed by atoms with Crippen molar-refractivity contribution in [3.8, 4) is 0 Å². The maximum absolute atomic E-state index is 2.61. The molecule has 0 N–H and O–H groups in total. The summed E-state index contributed by atoms with van der Waals surface area (Å²) in [6, 6.07) is 21.8. The van der Waals surface area contributed by atoms with Crippen LogP contribution in [0.4, 0.5) is 0 Å². The van der Waals surface area contributed by atoms with Gasteiger partial charge in [-0.1, -0.05) is 131 Å². The van der Waals surface area contributed by atoms with E-state index in [9.17, 15) is 0 Å². The number of unbranched alkanes of at least 4 members (excludes halogenated alkanes) is 11. The monoisotopic (exact) mass is 433 g/mol. The molecule has 2 rings (SSSR count). The Labute approximate surface area is 198 Å². The van der Waals surface area contributed by atoms with Crippen LogP contribution in [-0.4, -0.2) is 11.4 Å². The van der Waals surface area contributed by atoms with E-state index in [4.69, 9.17) is 0 Å². The summed E-state index contributed by atoms with van der Waals surface area (Å²) in [5.74, 6) is 0. The molecule has 0 spiro atoms. The van der Waals surface area contributed by atoms with Gasteiger partial charge < -0.3 is 0 Å². The third kappa shape index (κ3) is 13.5. The maximum Gasteiger partial charge on any atom is 0.0237 e. The van der Waals surface area contributed by atoms with Crippen molar-refractivity contribution in [1.82, 2.24) is 4.90 Å². The van der Waals surface area contributed by atoms with E-state index in [1.54, 1.807) is 0 Å². The smallest absolute Gasteiger partial charge is 0.0237 e. The summed E-state index contributed by atoms with van der Waals surface area (Å²) in [5, 5.41) is 0. The first-order chi connectivity index (χ1) is 15.9. The van der Waals surface area contributed by atoms with Crippen LogP contribution in [0, 0.1) is 0 Å². The molecule has 0 aromatic heterocycles. The molecule has 2 aromatic carbocycles. The summed E-state index contributed by atoms with van der Waals surface area (Å²) >= 11 is 0. The second-order valence-electron chi connectivity index (χ2n) is 9.27. The highest BCUT2D eigenvalue weighted by Crippen LogP contribution is 2.13. The fourth-order valence-corrected chi connectivity index (χ4v) is 4.30. The lowest BCUT2D eigenvalue weighted by Gasteiger charge is -2.22. The van der Waals surface area contributed by atoms with Crippen LogP contribution >= 0.6 is 0 Å². The largest absolute Gasteiger partial charge is 0.295 e. The highest BCUT2D eigenvalue weighted by Gasteiger charge is 2.07. The quantitative estimate of drug-likeness (QED) is 0.157. The van der Waals surface area contributed by atoms with E-state index < -0.39 is 0 Å². The van der Waals surface area contributed by atoms with Crippen LogP contribution in [0.15, 0.2) is 72.8 Å². The molecule has 1 nitrogen and oxygen atoms in total. The van der Waals surface area contributed by atoms with Gasteiger partial charge >= 0.3 is 0 Å². The number of allylic oxidation sites excluding steroid dienone is 2. The van der Waals surface area contributed by atoms with Gasteiger partial charge in [-0.25, -0.2) is 0 Å². The Morgan fingerprint density at radius 3 is 1.47 bits per heavy atom. The molecule has 0 heterocycles. The predicted octanol–water partition coefficient (Wildman–Crippen LogP) is 9.34. The summed E-state index contributed by atoms with van der Waals surface area (Å²) < 4.78 is 0. The minimum atomic E-state index is 1.04. The van der Waals surface area contributed by atoms with Crippen molar-refractivity contribution >= 4 is 0 Å². The van der Waals surface area contributed by atoms with Crippen molar-refractivity contribution in [2.45, 2.75) is 103 Å². The molecule has 0 bridgehead atoms. The molecule has 0 atom stereocenters. The van der Waals surface area contributed by atoms with E-state index in [0.29, 0.717) is 0 Å². The van der Waals surface area contributed by atoms with Gasteiger partial charge in [-0.15, -0.1) is 0 Å². The standard InChI is InChI=1S/C31H47N/c1-2-3-4-5-6-7-8-9-10-11-12-13-14-15-22-27-32(28-30-23-18-16-19-24-30)29-31-25-20-17-21-26-31/h9-10,16-21,23-26H,2-8,11-15,22,27-29H2,1H3/b10-9+. The van der Waals surface area contributed by atoms with Crippen LogP contribution in [0.5, 0.6) is 0 Å². The molecule has 0 saturated carbocycles. The van der Waals surface area contributed by atoms with Crippen molar-refractivity contribution in [3.05, 3.63) is 83.9 Å². The number of benzene rings is 2. The third-order valence-corrected chi connectivity index (χ3v) is 6.23. The van der Waals surface area contributed by atoms with Gasteiger partial charge in [-0.3, -0.25) is 4.90 Å². The average molecular weight is 434 g/mol. The van der Waals surface area contributed by atoms with Gasteiger partial charge in [-0.2, -0.15) is 0 Å². The molecule has 32 heavy (non-hydrogen) atoms. The van der Waals surface area contributed by atoms with Gasteiger partial charge in [0.25, 0.3) is 0 Å². The van der Waals surface area contributed by atoms with Gasteiger partial charge in [0.1, 0.15) is 0 Å². The SMILES string of the molecule is CCCCCCCC/C=C/CCCCCCCN(Cc1ccccc1)Cc1ccccc1. The molecule has 0 fully saturated rings. The second-order valence-corrected chi connectivity index (χ2v) is 9.27. The number of hydrogen-bond donors (Lipinski definition) is 0. The van der Waals surface area contributed by atoms with E-state index in [2.05, 4.69) is 84.6 Å². The van der Waals surface area contributed by atoms with Crippen molar-refractivity contribution in [1.29, 1.82) is 0 Å². The Morgan fingerprint density at radius 2 is 0.969 bits per heavy atom. The number of hydrogen-bond acceptors (Lipinski definition) is 1. The normalized spacial score (nSPS) is 11.6. The zero-order valence-corrected chi connectivity index (χ0v) is 20.7. The van der Waals surface area contributed by atoms with E-state index in [-0.39, 0.29) is 0 Å². The molecule has 0 aliphatic carbocycles. The molecule has 1 heteroatoms. The Morgan fingerprint density at radius 1 is 0.531 bits per heavy atom. The Bertz CT molecular complexity index is 635. The molecule has 0 radical (unpaired) electrons. The Balaban J connectivity index is 1.53. The molecule has 0 unspecified atom stereocenters. The first kappa shape index (κ1) is 26.4. The molecule has 0 aliphatic rings. The number of rotatable bonds is 19. The van der Waals surface area contributed by atoms with Gasteiger partial charge in [-0.05, 0) is 49.8 Å². The fourth-order valence-electron chi connectivity index (χ4n) is 4.30. The zero-order valence-electron chi connectivity index (χ0n) is 20.7. The number of nitrogens with zero attached hydrogens (tertiary/aromatic N) is 1. The van der Waals surface area contributed by atoms with Crippen LogP contribution < -0.4 is 0 Å². The van der Waals surface area contributed by atoms with Crippen molar-refractivity contribution < 1.29 is 0 Å². The van der Waals surface area contributed by atoms with E-state index >= 15 is 0 Å². The molecular weight excluding hydrogens is 386 g/mol. The lowest BCUT2D eigenvalue weighted by Crippen LogP contribution is -2.24. The first-order valence-electron chi connectivity index (χ1n) is 13.3. The van der Waals surface area contributed by atoms with Crippen LogP contribution in [0.1, 0.15) is 102 Å². The van der Waals surface area contributed by atoms with E-state index in [0.717, 1.165) is 13.1 Å². The zero-order chi connectivity index (χ0) is 22.5. The van der Waals surface area contributed by atoms with Gasteiger partial charge in [0.2, 0.25) is 0 Å². The lowest BCUT2D eigenvalue weighted by molar-refractivity contribution is 0.250. The lowest BCUT2D eigenvalue weighted by atomic mass is 10.1. The average Bonchev–Trinajstić information content (AvgIpc) is 2.83. The third-order valence-electron chi connectivity index (χ3n) is 6.23. The minimum Gasteiger partial charge on any atom is -0.295 e. The summed E-state index contributed by atoms with van der Waals surface area (Å²) in [6.07, 6.45) is 22.5. The molecule has 2 aromatic rings. The summed E-state index contributed by atoms with van der Waals surface area (Å²) in [4.78, 5) is 2.61. The van der Waals surface area contributed by atoms with Crippen LogP contribution in [0.2, 0.25) is 0 Å². The van der Waals surface area contributed by atoms with Gasteiger partial charge in [0, 0.05) is 13.1 Å². The minimum absolute atomic E-state index is 1.04. The Hall–Kier alpha value is -1.86. The van der Waals surface area contributed by atoms with Crippen molar-refractivity contribution in [2.75, 3.05) is 6.54 Å². The van der Waals surface area contributed by atoms with Crippen LogP contribution in [0.3, 0.4) is 0 Å². The van der Waals surface area contributed by atoms with Gasteiger partial charge in [0.05, 0.1) is 0 Å². The predicted molar refractivity (Wildman–Crippen MR) is 142 cm³/mol. The molecule has 176 valence electrons. The summed E-state index contributed by atoms with van der Waals surface area (Å²) in [5.41, 5.74) is 2.83. The summed E-state index contributed by atoms with van der Waals surface area (Å²) in [6.45, 7) is 5.55. The second kappa shape index (κ2) is 18.7. The molecule has 0 saturated heterocycles. The topological polar surface area (TPSA) is 3.24 Å². The van der Waals surface area contributed by atoms with E-state index in [1.807, 2.05) is 0 Å². The highest BCUT2D eigenvalue weighted by atomic mass is 15.1. The van der Waals surface area contributed by atoms with Crippen molar-refractivity contribution in [2.24, 2.45) is 0 Å². The van der Waals surface area contributed by atoms with Crippen LogP contribution in [-0.2, 0) is 13.1 Å². The fraction of sp³-hybridized carbons (Fsp3) is 0.548. The van der Waals surface area contributed by atoms with Gasteiger partial charge in [0.15, 0.2) is 0 Å². The molecule has 0 amide bonds. The van der Waals surface area contributed by atoms with E-state index in [1.165, 1.54) is 101 Å². The van der Waals surface area contributed by atoms with Crippen molar-refractivity contribution in [3.63, 3.8) is 0 Å². The summed E-state index contributed by atoms with van der Waals surface area (Å²) in [7, 11) is 0. The Kier molecular flexibility index (Phi) is 15.4. The van der Waals surface area contributed by atoms with Crippen LogP contribution in [0.25, 0.3) is 0 Å². The molecule has 0 aliphatic heterocycles. The first-order valence-corrected chi connectivity index (χ1v) is 13.3. The highest BCUT2D eigenvalue weighted by molar-refractivity contribution is 5.17. The molecular formula is C31H47N.